The van der Waals surface area contributed by atoms with Crippen molar-refractivity contribution in [3.05, 3.63) is 48.2 Å². The first-order valence-corrected chi connectivity index (χ1v) is 6.06. The maximum absolute atomic E-state index is 8.74. The monoisotopic (exact) mass is 258 g/mol. The van der Waals surface area contributed by atoms with Gasteiger partial charge in [0.2, 0.25) is 0 Å². The maximum Gasteiger partial charge on any atom is 0.394 e. The summed E-state index contributed by atoms with van der Waals surface area (Å²) >= 11 is 0. The van der Waals surface area contributed by atoms with Gasteiger partial charge in [0, 0.05) is 0 Å². The third-order valence-corrected chi connectivity index (χ3v) is 1.36. The van der Waals surface area contributed by atoms with Crippen LogP contribution in [0.25, 0.3) is 0 Å². The summed E-state index contributed by atoms with van der Waals surface area (Å²) in [6.07, 6.45) is 3.71. The van der Waals surface area contributed by atoms with Crippen molar-refractivity contribution < 1.29 is 22.3 Å². The third-order valence-electron chi connectivity index (χ3n) is 1.36. The summed E-state index contributed by atoms with van der Waals surface area (Å²) in [5, 5.41) is 0. The SMILES string of the molecule is CC=C=CCOc1ccccc1.O=S(=O)(O)O. The highest BCUT2D eigenvalue weighted by atomic mass is 32.3. The second-order valence-electron chi connectivity index (χ2n) is 2.73. The molecule has 1 aromatic carbocycles. The minimum Gasteiger partial charge on any atom is -0.489 e. The number of para-hydroxylation sites is 1. The van der Waals surface area contributed by atoms with Gasteiger partial charge in [0.15, 0.2) is 0 Å². The lowest BCUT2D eigenvalue weighted by molar-refractivity contribution is 0.363. The van der Waals surface area contributed by atoms with Crippen molar-refractivity contribution in [2.45, 2.75) is 6.92 Å². The van der Waals surface area contributed by atoms with E-state index in [-0.39, 0.29) is 0 Å². The van der Waals surface area contributed by atoms with Gasteiger partial charge in [0.05, 0.1) is 0 Å². The highest BCUT2D eigenvalue weighted by Gasteiger charge is 1.85. The topological polar surface area (TPSA) is 83.8 Å². The van der Waals surface area contributed by atoms with Crippen LogP contribution in [0.1, 0.15) is 6.92 Å². The Balaban J connectivity index is 0.000000437. The molecule has 0 radical (unpaired) electrons. The molecule has 0 saturated heterocycles. The Morgan fingerprint density at radius 2 is 1.82 bits per heavy atom. The molecule has 0 bridgehead atoms. The van der Waals surface area contributed by atoms with Gasteiger partial charge < -0.3 is 4.74 Å². The summed E-state index contributed by atoms with van der Waals surface area (Å²) in [4.78, 5) is 0. The van der Waals surface area contributed by atoms with E-state index in [1.165, 1.54) is 0 Å². The standard InChI is InChI=1S/C11H12O.H2O4S/c1-2-3-7-10-12-11-8-5-4-6-9-11;1-5(2,3)4/h2,4-9H,10H2,1H3;(H2,1,2,3,4). The fourth-order valence-electron chi connectivity index (χ4n) is 0.821. The van der Waals surface area contributed by atoms with Crippen molar-refractivity contribution in [1.29, 1.82) is 0 Å². The molecule has 0 aliphatic heterocycles. The molecule has 0 unspecified atom stereocenters. The number of hydrogen-bond acceptors (Lipinski definition) is 3. The summed E-state index contributed by atoms with van der Waals surface area (Å²) in [6.45, 7) is 2.51. The smallest absolute Gasteiger partial charge is 0.394 e. The van der Waals surface area contributed by atoms with Gasteiger partial charge in [0.25, 0.3) is 0 Å². The van der Waals surface area contributed by atoms with Gasteiger partial charge >= 0.3 is 10.4 Å². The van der Waals surface area contributed by atoms with E-state index in [1.807, 2.05) is 49.4 Å². The molecule has 0 aromatic heterocycles. The molecule has 6 heteroatoms. The zero-order valence-electron chi connectivity index (χ0n) is 9.28. The molecule has 5 nitrogen and oxygen atoms in total. The van der Waals surface area contributed by atoms with Gasteiger partial charge in [-0.1, -0.05) is 18.2 Å². The van der Waals surface area contributed by atoms with Crippen LogP contribution in [-0.2, 0) is 10.4 Å². The molecule has 2 N–H and O–H groups in total. The first kappa shape index (κ1) is 15.4. The van der Waals surface area contributed by atoms with Crippen LogP contribution in [0.15, 0.2) is 48.2 Å². The predicted octanol–water partition coefficient (Wildman–Crippen LogP) is 2.14. The molecule has 94 valence electrons. The summed E-state index contributed by atoms with van der Waals surface area (Å²) < 4.78 is 37.0. The van der Waals surface area contributed by atoms with Crippen molar-refractivity contribution in [1.82, 2.24) is 0 Å². The minimum absolute atomic E-state index is 0.578. The molecular weight excluding hydrogens is 244 g/mol. The lowest BCUT2D eigenvalue weighted by Crippen LogP contribution is -1.91. The van der Waals surface area contributed by atoms with Crippen LogP contribution < -0.4 is 4.74 Å². The van der Waals surface area contributed by atoms with E-state index in [1.54, 1.807) is 0 Å². The highest BCUT2D eigenvalue weighted by Crippen LogP contribution is 2.07. The fourth-order valence-corrected chi connectivity index (χ4v) is 0.821. The van der Waals surface area contributed by atoms with Crippen LogP contribution in [0.4, 0.5) is 0 Å². The van der Waals surface area contributed by atoms with Gasteiger partial charge in [-0.25, -0.2) is 0 Å². The Bertz CT molecular complexity index is 450. The molecule has 0 aliphatic carbocycles. The van der Waals surface area contributed by atoms with Crippen LogP contribution in [0, 0.1) is 0 Å². The van der Waals surface area contributed by atoms with Crippen LogP contribution >= 0.6 is 0 Å². The molecule has 1 rings (SSSR count). The summed E-state index contributed by atoms with van der Waals surface area (Å²) in [7, 11) is -4.67. The highest BCUT2D eigenvalue weighted by molar-refractivity contribution is 7.79. The minimum atomic E-state index is -4.67. The van der Waals surface area contributed by atoms with Crippen LogP contribution in [0.5, 0.6) is 5.75 Å². The van der Waals surface area contributed by atoms with E-state index in [0.29, 0.717) is 6.61 Å². The number of benzene rings is 1. The van der Waals surface area contributed by atoms with Gasteiger partial charge in [-0.2, -0.15) is 8.42 Å². The van der Waals surface area contributed by atoms with Crippen molar-refractivity contribution >= 4 is 10.4 Å². The predicted molar refractivity (Wildman–Crippen MR) is 64.4 cm³/mol. The molecule has 0 heterocycles. The fraction of sp³-hybridized carbons (Fsp3) is 0.182. The van der Waals surface area contributed by atoms with Crippen LogP contribution in [0.3, 0.4) is 0 Å². The normalized spacial score (nSPS) is 9.35. The Morgan fingerprint density at radius 3 is 2.29 bits per heavy atom. The molecule has 0 amide bonds. The average molecular weight is 258 g/mol. The van der Waals surface area contributed by atoms with E-state index in [2.05, 4.69) is 5.73 Å². The Hall–Kier alpha value is -1.59. The van der Waals surface area contributed by atoms with E-state index in [4.69, 9.17) is 22.3 Å². The van der Waals surface area contributed by atoms with Crippen LogP contribution in [-0.4, -0.2) is 24.1 Å². The Morgan fingerprint density at radius 1 is 1.29 bits per heavy atom. The number of ether oxygens (including phenoxy) is 1. The second kappa shape index (κ2) is 8.55. The molecule has 0 atom stereocenters. The zero-order valence-corrected chi connectivity index (χ0v) is 10.1. The first-order chi connectivity index (χ1) is 7.93. The van der Waals surface area contributed by atoms with E-state index in [9.17, 15) is 0 Å². The largest absolute Gasteiger partial charge is 0.489 e. The average Bonchev–Trinajstić information content (AvgIpc) is 2.24. The van der Waals surface area contributed by atoms with Gasteiger partial charge in [0.1, 0.15) is 12.4 Å². The lowest BCUT2D eigenvalue weighted by Gasteiger charge is -1.99. The van der Waals surface area contributed by atoms with Gasteiger partial charge in [-0.3, -0.25) is 9.11 Å². The summed E-state index contributed by atoms with van der Waals surface area (Å²) in [6, 6.07) is 9.74. The molecular formula is C11H14O5S. The molecule has 17 heavy (non-hydrogen) atoms. The van der Waals surface area contributed by atoms with Crippen molar-refractivity contribution in [3.63, 3.8) is 0 Å². The third kappa shape index (κ3) is 14.4. The van der Waals surface area contributed by atoms with Crippen LogP contribution in [0.2, 0.25) is 0 Å². The Kier molecular flexibility index (Phi) is 7.75. The number of hydrogen-bond donors (Lipinski definition) is 2. The zero-order chi connectivity index (χ0) is 13.1. The van der Waals surface area contributed by atoms with Crippen molar-refractivity contribution in [3.8, 4) is 5.75 Å². The molecule has 0 fully saturated rings. The van der Waals surface area contributed by atoms with E-state index >= 15 is 0 Å². The van der Waals surface area contributed by atoms with Gasteiger partial charge in [-0.15, -0.1) is 5.73 Å². The number of rotatable bonds is 3. The lowest BCUT2D eigenvalue weighted by atomic mass is 10.3. The van der Waals surface area contributed by atoms with E-state index < -0.39 is 10.4 Å². The summed E-state index contributed by atoms with van der Waals surface area (Å²) in [5.74, 6) is 0.895. The van der Waals surface area contributed by atoms with Crippen molar-refractivity contribution in [2.24, 2.45) is 0 Å². The van der Waals surface area contributed by atoms with Gasteiger partial charge in [-0.05, 0) is 31.2 Å². The Labute approximate surface area is 101 Å². The van der Waals surface area contributed by atoms with E-state index in [0.717, 1.165) is 5.75 Å². The molecule has 1 aromatic rings. The second-order valence-corrected chi connectivity index (χ2v) is 3.63. The molecule has 0 spiro atoms. The quantitative estimate of drug-likeness (QED) is 0.641. The first-order valence-electron chi connectivity index (χ1n) is 4.66. The summed E-state index contributed by atoms with van der Waals surface area (Å²) in [5.41, 5.74) is 2.94. The maximum atomic E-state index is 8.74. The molecule has 0 saturated carbocycles. The molecule has 0 aliphatic rings. The van der Waals surface area contributed by atoms with Crippen molar-refractivity contribution in [2.75, 3.05) is 6.61 Å².